The molecule has 0 saturated carbocycles. The second-order valence-electron chi connectivity index (χ2n) is 6.26. The minimum atomic E-state index is -0.753. The Morgan fingerprint density at radius 1 is 1.31 bits per heavy atom. The first-order valence-corrected chi connectivity index (χ1v) is 8.77. The molecule has 0 unspecified atom stereocenters. The lowest BCUT2D eigenvalue weighted by Gasteiger charge is -2.35. The van der Waals surface area contributed by atoms with Gasteiger partial charge < -0.3 is 25.0 Å². The van der Waals surface area contributed by atoms with Gasteiger partial charge in [0.05, 0.1) is 42.6 Å². The molecule has 2 aromatic carbocycles. The first kappa shape index (κ1) is 19.9. The highest BCUT2D eigenvalue weighted by Gasteiger charge is 2.31. The van der Waals surface area contributed by atoms with Gasteiger partial charge in [0, 0.05) is 13.1 Å². The number of nitro benzene ring substituents is 1. The number of amides is 2. The second-order valence-corrected chi connectivity index (χ2v) is 6.26. The summed E-state index contributed by atoms with van der Waals surface area (Å²) in [5, 5.41) is 16.1. The average Bonchev–Trinajstić information content (AvgIpc) is 2.73. The van der Waals surface area contributed by atoms with Crippen LogP contribution in [0.2, 0.25) is 0 Å². The van der Waals surface area contributed by atoms with Gasteiger partial charge in [-0.15, -0.1) is 0 Å². The van der Waals surface area contributed by atoms with Crippen LogP contribution in [0.4, 0.5) is 17.1 Å². The summed E-state index contributed by atoms with van der Waals surface area (Å²) < 4.78 is 10.9. The van der Waals surface area contributed by atoms with E-state index < -0.39 is 11.0 Å². The fourth-order valence-corrected chi connectivity index (χ4v) is 3.01. The third-order valence-electron chi connectivity index (χ3n) is 4.40. The monoisotopic (exact) mass is 400 g/mol. The summed E-state index contributed by atoms with van der Waals surface area (Å²) in [4.78, 5) is 36.8. The molecule has 2 N–H and O–H groups in total. The minimum Gasteiger partial charge on any atom is -0.494 e. The Kier molecular flexibility index (Phi) is 5.82. The van der Waals surface area contributed by atoms with E-state index in [2.05, 4.69) is 10.6 Å². The number of hydrogen-bond acceptors (Lipinski definition) is 7. The molecule has 152 valence electrons. The molecule has 10 nitrogen and oxygen atoms in total. The van der Waals surface area contributed by atoms with Crippen LogP contribution in [-0.4, -0.2) is 50.1 Å². The summed E-state index contributed by atoms with van der Waals surface area (Å²) in [6, 6.07) is 11.1. The lowest BCUT2D eigenvalue weighted by molar-refractivity contribution is -0.384. The summed E-state index contributed by atoms with van der Waals surface area (Å²) in [6.45, 7) is 0.148. The Hall–Kier alpha value is -3.82. The smallest absolute Gasteiger partial charge is 0.273 e. The Labute approximate surface area is 166 Å². The average molecular weight is 400 g/mol. The van der Waals surface area contributed by atoms with Crippen molar-refractivity contribution in [1.82, 2.24) is 5.32 Å². The van der Waals surface area contributed by atoms with Crippen molar-refractivity contribution in [1.29, 1.82) is 0 Å². The number of likely N-dealkylation sites (N-methyl/N-ethyl adjacent to an activating group) is 1. The summed E-state index contributed by atoms with van der Waals surface area (Å²) in [7, 11) is 2.88. The van der Waals surface area contributed by atoms with E-state index in [1.807, 2.05) is 6.07 Å². The van der Waals surface area contributed by atoms with E-state index in [4.69, 9.17) is 9.47 Å². The largest absolute Gasteiger partial charge is 0.494 e. The van der Waals surface area contributed by atoms with Gasteiger partial charge in [-0.25, -0.2) is 0 Å². The van der Waals surface area contributed by atoms with Crippen LogP contribution < -0.4 is 25.0 Å². The number of para-hydroxylation sites is 2. The number of fused-ring (bicyclic) bond motifs is 1. The standard InChI is InChI=1S/C19H20N4O6/c1-20-19(25)17-10-22(14-5-3-4-6-15(14)29-17)11-18(24)21-13-8-7-12(23(26)27)9-16(13)28-2/h3-9,17H,10-11H2,1-2H3,(H,20,25)(H,21,24)/t17-/m1/s1. The molecule has 0 aliphatic carbocycles. The van der Waals surface area contributed by atoms with Crippen LogP contribution in [-0.2, 0) is 9.59 Å². The number of hydrogen-bond donors (Lipinski definition) is 2. The van der Waals surface area contributed by atoms with Crippen LogP contribution in [0.15, 0.2) is 42.5 Å². The number of carbonyl (C=O) groups excluding carboxylic acids is 2. The number of non-ortho nitro benzene ring substituents is 1. The van der Waals surface area contributed by atoms with E-state index in [1.54, 1.807) is 23.1 Å². The third-order valence-corrected chi connectivity index (χ3v) is 4.40. The molecule has 2 aromatic rings. The maximum atomic E-state index is 12.6. The van der Waals surface area contributed by atoms with Gasteiger partial charge in [0.15, 0.2) is 6.10 Å². The van der Waals surface area contributed by atoms with Gasteiger partial charge in [0.2, 0.25) is 5.91 Å². The van der Waals surface area contributed by atoms with Crippen LogP contribution in [0.3, 0.4) is 0 Å². The number of carbonyl (C=O) groups is 2. The molecule has 1 aliphatic heterocycles. The van der Waals surface area contributed by atoms with Gasteiger partial charge in [-0.05, 0) is 18.2 Å². The highest BCUT2D eigenvalue weighted by molar-refractivity contribution is 5.96. The van der Waals surface area contributed by atoms with Crippen molar-refractivity contribution < 1.29 is 24.0 Å². The number of nitrogens with zero attached hydrogens (tertiary/aromatic N) is 2. The summed E-state index contributed by atoms with van der Waals surface area (Å²) in [5.74, 6) is 0.0256. The van der Waals surface area contributed by atoms with E-state index in [1.165, 1.54) is 32.4 Å². The topological polar surface area (TPSA) is 123 Å². The van der Waals surface area contributed by atoms with Gasteiger partial charge in [-0.2, -0.15) is 0 Å². The van der Waals surface area contributed by atoms with Crippen LogP contribution >= 0.6 is 0 Å². The Balaban J connectivity index is 1.78. The predicted octanol–water partition coefficient (Wildman–Crippen LogP) is 1.56. The number of nitro groups is 1. The molecule has 29 heavy (non-hydrogen) atoms. The first-order valence-electron chi connectivity index (χ1n) is 8.77. The van der Waals surface area contributed by atoms with Crippen molar-refractivity contribution in [3.63, 3.8) is 0 Å². The van der Waals surface area contributed by atoms with Crippen LogP contribution in [0, 0.1) is 10.1 Å². The fraction of sp³-hybridized carbons (Fsp3) is 0.263. The zero-order valence-corrected chi connectivity index (χ0v) is 15.9. The van der Waals surface area contributed by atoms with E-state index in [0.29, 0.717) is 17.1 Å². The minimum absolute atomic E-state index is 0.0476. The van der Waals surface area contributed by atoms with Crippen molar-refractivity contribution in [3.05, 3.63) is 52.6 Å². The molecule has 10 heteroatoms. The second kappa shape index (κ2) is 8.46. The highest BCUT2D eigenvalue weighted by atomic mass is 16.6. The molecule has 0 bridgehead atoms. The zero-order chi connectivity index (χ0) is 21.0. The normalized spacial score (nSPS) is 15.0. The molecule has 0 radical (unpaired) electrons. The van der Waals surface area contributed by atoms with Crippen molar-refractivity contribution in [2.75, 3.05) is 37.5 Å². The highest BCUT2D eigenvalue weighted by Crippen LogP contribution is 2.33. The quantitative estimate of drug-likeness (QED) is 0.557. The Morgan fingerprint density at radius 2 is 2.07 bits per heavy atom. The number of ether oxygens (including phenoxy) is 2. The third kappa shape index (κ3) is 4.37. The molecule has 0 spiro atoms. The van der Waals surface area contributed by atoms with Crippen LogP contribution in [0.25, 0.3) is 0 Å². The van der Waals surface area contributed by atoms with E-state index in [0.717, 1.165) is 0 Å². The lowest BCUT2D eigenvalue weighted by atomic mass is 10.1. The first-order chi connectivity index (χ1) is 13.9. The Bertz CT molecular complexity index is 948. The summed E-state index contributed by atoms with van der Waals surface area (Å²) >= 11 is 0. The van der Waals surface area contributed by atoms with E-state index >= 15 is 0 Å². The molecular formula is C19H20N4O6. The molecule has 1 heterocycles. The van der Waals surface area contributed by atoms with Crippen molar-refractivity contribution >= 4 is 28.9 Å². The molecule has 0 saturated heterocycles. The lowest BCUT2D eigenvalue weighted by Crippen LogP contribution is -2.50. The molecule has 1 aliphatic rings. The molecule has 0 aromatic heterocycles. The Morgan fingerprint density at radius 3 is 2.76 bits per heavy atom. The molecule has 0 fully saturated rings. The molecule has 3 rings (SSSR count). The fourth-order valence-electron chi connectivity index (χ4n) is 3.01. The van der Waals surface area contributed by atoms with Crippen molar-refractivity contribution in [3.8, 4) is 11.5 Å². The molecular weight excluding hydrogens is 380 g/mol. The van der Waals surface area contributed by atoms with E-state index in [9.17, 15) is 19.7 Å². The van der Waals surface area contributed by atoms with Gasteiger partial charge in [0.25, 0.3) is 11.6 Å². The van der Waals surface area contributed by atoms with Crippen LogP contribution in [0.5, 0.6) is 11.5 Å². The van der Waals surface area contributed by atoms with Gasteiger partial charge in [-0.1, -0.05) is 12.1 Å². The van der Waals surface area contributed by atoms with Gasteiger partial charge >= 0.3 is 0 Å². The van der Waals surface area contributed by atoms with Gasteiger partial charge in [0.1, 0.15) is 11.5 Å². The molecule has 2 amide bonds. The van der Waals surface area contributed by atoms with E-state index in [-0.39, 0.29) is 36.3 Å². The number of nitrogens with one attached hydrogen (secondary N) is 2. The summed E-state index contributed by atoms with van der Waals surface area (Å²) in [5.41, 5.74) is 0.862. The maximum absolute atomic E-state index is 12.6. The molecule has 1 atom stereocenters. The number of rotatable bonds is 6. The number of anilines is 2. The van der Waals surface area contributed by atoms with Crippen LogP contribution in [0.1, 0.15) is 0 Å². The zero-order valence-electron chi connectivity index (χ0n) is 15.9. The summed E-state index contributed by atoms with van der Waals surface area (Å²) in [6.07, 6.45) is -0.753. The van der Waals surface area contributed by atoms with Crippen molar-refractivity contribution in [2.24, 2.45) is 0 Å². The maximum Gasteiger partial charge on any atom is 0.273 e. The number of methoxy groups -OCH3 is 1. The van der Waals surface area contributed by atoms with Gasteiger partial charge in [-0.3, -0.25) is 19.7 Å². The number of benzene rings is 2. The van der Waals surface area contributed by atoms with Crippen molar-refractivity contribution in [2.45, 2.75) is 6.10 Å². The SMILES string of the molecule is CNC(=O)[C@H]1CN(CC(=O)Nc2ccc([N+](=O)[O-])cc2OC)c2ccccc2O1. The predicted molar refractivity (Wildman–Crippen MR) is 105 cm³/mol.